The van der Waals surface area contributed by atoms with Gasteiger partial charge in [-0.25, -0.2) is 0 Å². The molecule has 1 aromatic heterocycles. The predicted molar refractivity (Wildman–Crippen MR) is 69.3 cm³/mol. The highest BCUT2D eigenvalue weighted by Gasteiger charge is 2.21. The summed E-state index contributed by atoms with van der Waals surface area (Å²) in [6.07, 6.45) is 0.742. The van der Waals surface area contributed by atoms with Crippen LogP contribution in [0.25, 0.3) is 0 Å². The fourth-order valence-corrected chi connectivity index (χ4v) is 2.37. The van der Waals surface area contributed by atoms with Crippen molar-refractivity contribution in [3.05, 3.63) is 16.6 Å². The molecule has 0 bridgehead atoms. The third-order valence-corrected chi connectivity index (χ3v) is 3.13. The number of aryl methyl sites for hydroxylation is 1. The summed E-state index contributed by atoms with van der Waals surface area (Å²) in [4.78, 5) is 11.9. The van der Waals surface area contributed by atoms with Crippen LogP contribution in [0.1, 0.15) is 43.2 Å². The van der Waals surface area contributed by atoms with E-state index in [1.165, 1.54) is 11.5 Å². The van der Waals surface area contributed by atoms with Crippen LogP contribution in [0.15, 0.2) is 5.38 Å². The first-order valence-electron chi connectivity index (χ1n) is 5.66. The maximum atomic E-state index is 11.9. The van der Waals surface area contributed by atoms with Crippen LogP contribution in [0.5, 0.6) is 0 Å². The van der Waals surface area contributed by atoms with E-state index < -0.39 is 0 Å². The highest BCUT2D eigenvalue weighted by Crippen LogP contribution is 2.21. The van der Waals surface area contributed by atoms with Gasteiger partial charge in [0.1, 0.15) is 0 Å². The molecule has 0 fully saturated rings. The molecule has 5 heteroatoms. The van der Waals surface area contributed by atoms with Crippen LogP contribution >= 0.6 is 11.5 Å². The van der Waals surface area contributed by atoms with Crippen LogP contribution in [0, 0.1) is 12.3 Å². The highest BCUT2D eigenvalue weighted by molar-refractivity contribution is 7.03. The molecule has 0 aromatic carbocycles. The van der Waals surface area contributed by atoms with Crippen molar-refractivity contribution in [3.8, 4) is 0 Å². The lowest BCUT2D eigenvalue weighted by Crippen LogP contribution is -2.40. The van der Waals surface area contributed by atoms with Gasteiger partial charge in [0, 0.05) is 5.38 Å². The van der Waals surface area contributed by atoms with Crippen molar-refractivity contribution in [2.75, 3.05) is 6.61 Å². The Balaban J connectivity index is 2.63. The number of hydrogen-bond acceptors (Lipinski definition) is 4. The van der Waals surface area contributed by atoms with Gasteiger partial charge in [0.05, 0.1) is 23.9 Å². The molecule has 0 aliphatic heterocycles. The van der Waals surface area contributed by atoms with E-state index in [2.05, 4.69) is 30.5 Å². The first-order chi connectivity index (χ1) is 7.83. The molecule has 1 amide bonds. The zero-order chi connectivity index (χ0) is 13.1. The summed E-state index contributed by atoms with van der Waals surface area (Å²) in [5.41, 5.74) is 1.41. The highest BCUT2D eigenvalue weighted by atomic mass is 32.1. The monoisotopic (exact) mass is 256 g/mol. The number of nitrogens with one attached hydrogen (secondary N) is 1. The van der Waals surface area contributed by atoms with Crippen LogP contribution < -0.4 is 5.32 Å². The fourth-order valence-electron chi connectivity index (χ4n) is 1.67. The smallest absolute Gasteiger partial charge is 0.254 e. The van der Waals surface area contributed by atoms with E-state index in [9.17, 15) is 9.90 Å². The molecule has 0 spiro atoms. The van der Waals surface area contributed by atoms with Gasteiger partial charge in [-0.15, -0.1) is 0 Å². The third-order valence-electron chi connectivity index (χ3n) is 2.41. The summed E-state index contributed by atoms with van der Waals surface area (Å²) >= 11 is 1.27. The first kappa shape index (κ1) is 14.1. The van der Waals surface area contributed by atoms with Gasteiger partial charge in [0.2, 0.25) is 0 Å². The number of aliphatic hydroxyl groups is 1. The number of nitrogens with zero attached hydrogens (tertiary/aromatic N) is 1. The predicted octanol–water partition coefficient (Wildman–Crippen LogP) is 1.98. The minimum absolute atomic E-state index is 0.0420. The Morgan fingerprint density at radius 1 is 1.59 bits per heavy atom. The van der Waals surface area contributed by atoms with Gasteiger partial charge >= 0.3 is 0 Å². The first-order valence-corrected chi connectivity index (χ1v) is 6.50. The lowest BCUT2D eigenvalue weighted by molar-refractivity contribution is 0.0897. The van der Waals surface area contributed by atoms with E-state index in [0.29, 0.717) is 5.56 Å². The Labute approximate surface area is 106 Å². The summed E-state index contributed by atoms with van der Waals surface area (Å²) in [5.74, 6) is -0.153. The molecule has 2 N–H and O–H groups in total. The van der Waals surface area contributed by atoms with Gasteiger partial charge in [-0.05, 0) is 30.3 Å². The average Bonchev–Trinajstić information content (AvgIpc) is 2.61. The van der Waals surface area contributed by atoms with Crippen molar-refractivity contribution in [1.29, 1.82) is 0 Å². The second-order valence-corrected chi connectivity index (χ2v) is 6.06. The molecule has 0 aliphatic rings. The van der Waals surface area contributed by atoms with Crippen molar-refractivity contribution in [1.82, 2.24) is 9.69 Å². The number of rotatable bonds is 4. The summed E-state index contributed by atoms with van der Waals surface area (Å²) in [6, 6.07) is -0.207. The summed E-state index contributed by atoms with van der Waals surface area (Å²) in [6.45, 7) is 8.01. The van der Waals surface area contributed by atoms with Gasteiger partial charge < -0.3 is 10.4 Å². The van der Waals surface area contributed by atoms with E-state index in [0.717, 1.165) is 12.1 Å². The standard InChI is InChI=1S/C12H20N2O2S/c1-8-10(7-17-14-8)11(16)13-9(6-15)5-12(2,3)4/h7,9,15H,5-6H2,1-4H3,(H,13,16). The fraction of sp³-hybridized carbons (Fsp3) is 0.667. The summed E-state index contributed by atoms with van der Waals surface area (Å²) in [5, 5.41) is 13.9. The lowest BCUT2D eigenvalue weighted by Gasteiger charge is -2.25. The zero-order valence-corrected chi connectivity index (χ0v) is 11.6. The number of aliphatic hydroxyl groups excluding tert-OH is 1. The second kappa shape index (κ2) is 5.60. The molecule has 0 saturated carbocycles. The molecular formula is C12H20N2O2S. The largest absolute Gasteiger partial charge is 0.394 e. The molecular weight excluding hydrogens is 236 g/mol. The molecule has 1 unspecified atom stereocenters. The average molecular weight is 256 g/mol. The van der Waals surface area contributed by atoms with Crippen molar-refractivity contribution < 1.29 is 9.90 Å². The Kier molecular flexibility index (Phi) is 4.65. The zero-order valence-electron chi connectivity index (χ0n) is 10.8. The van der Waals surface area contributed by atoms with Crippen LogP contribution in [0.4, 0.5) is 0 Å². The van der Waals surface area contributed by atoms with E-state index in [1.54, 1.807) is 5.38 Å². The van der Waals surface area contributed by atoms with Crippen molar-refractivity contribution >= 4 is 17.4 Å². The number of carbonyl (C=O) groups is 1. The Hall–Kier alpha value is -0.940. The van der Waals surface area contributed by atoms with E-state index >= 15 is 0 Å². The van der Waals surface area contributed by atoms with Crippen LogP contribution in [-0.4, -0.2) is 28.0 Å². The minimum Gasteiger partial charge on any atom is -0.394 e. The molecule has 1 heterocycles. The van der Waals surface area contributed by atoms with Crippen molar-refractivity contribution in [2.45, 2.75) is 40.2 Å². The molecule has 96 valence electrons. The lowest BCUT2D eigenvalue weighted by atomic mass is 9.88. The van der Waals surface area contributed by atoms with Gasteiger partial charge in [0.15, 0.2) is 0 Å². The van der Waals surface area contributed by atoms with Crippen LogP contribution in [-0.2, 0) is 0 Å². The minimum atomic E-state index is -0.207. The Bertz CT molecular complexity index is 382. The van der Waals surface area contributed by atoms with E-state index in [-0.39, 0.29) is 24.0 Å². The number of carbonyl (C=O) groups excluding carboxylic acids is 1. The molecule has 0 aliphatic carbocycles. The molecule has 1 atom stereocenters. The third kappa shape index (κ3) is 4.44. The second-order valence-electron chi connectivity index (χ2n) is 5.43. The topological polar surface area (TPSA) is 62.2 Å². The maximum Gasteiger partial charge on any atom is 0.254 e. The van der Waals surface area contributed by atoms with E-state index in [4.69, 9.17) is 0 Å². The quantitative estimate of drug-likeness (QED) is 0.866. The molecule has 1 rings (SSSR count). The summed E-state index contributed by atoms with van der Waals surface area (Å²) in [7, 11) is 0. The van der Waals surface area contributed by atoms with E-state index in [1.807, 2.05) is 6.92 Å². The molecule has 17 heavy (non-hydrogen) atoms. The number of amides is 1. The Morgan fingerprint density at radius 2 is 2.24 bits per heavy atom. The number of aromatic nitrogens is 1. The van der Waals surface area contributed by atoms with Gasteiger partial charge in [-0.3, -0.25) is 4.79 Å². The molecule has 1 aromatic rings. The summed E-state index contributed by atoms with van der Waals surface area (Å²) < 4.78 is 4.06. The van der Waals surface area contributed by atoms with Crippen LogP contribution in [0.2, 0.25) is 0 Å². The molecule has 0 saturated heterocycles. The van der Waals surface area contributed by atoms with Gasteiger partial charge in [-0.2, -0.15) is 4.37 Å². The Morgan fingerprint density at radius 3 is 2.65 bits per heavy atom. The normalized spacial score (nSPS) is 13.5. The molecule has 4 nitrogen and oxygen atoms in total. The number of hydrogen-bond donors (Lipinski definition) is 2. The maximum absolute atomic E-state index is 11.9. The van der Waals surface area contributed by atoms with Gasteiger partial charge in [-0.1, -0.05) is 20.8 Å². The van der Waals surface area contributed by atoms with Crippen LogP contribution in [0.3, 0.4) is 0 Å². The van der Waals surface area contributed by atoms with Crippen molar-refractivity contribution in [2.24, 2.45) is 5.41 Å². The van der Waals surface area contributed by atoms with Gasteiger partial charge in [0.25, 0.3) is 5.91 Å². The SMILES string of the molecule is Cc1nscc1C(=O)NC(CO)CC(C)(C)C. The van der Waals surface area contributed by atoms with Crippen molar-refractivity contribution in [3.63, 3.8) is 0 Å². The molecule has 0 radical (unpaired) electrons.